The van der Waals surface area contributed by atoms with E-state index in [1.807, 2.05) is 4.90 Å². The Bertz CT molecular complexity index is 697. The fourth-order valence-corrected chi connectivity index (χ4v) is 2.56. The second-order valence-corrected chi connectivity index (χ2v) is 6.10. The highest BCUT2D eigenvalue weighted by Gasteiger charge is 2.15. The third-order valence-electron chi connectivity index (χ3n) is 3.99. The number of ether oxygens (including phenoxy) is 3. The van der Waals surface area contributed by atoms with Gasteiger partial charge in [-0.05, 0) is 30.3 Å². The maximum absolute atomic E-state index is 13.9. The zero-order chi connectivity index (χ0) is 19.6. The van der Waals surface area contributed by atoms with E-state index in [1.165, 1.54) is 12.1 Å². The number of halogens is 2. The van der Waals surface area contributed by atoms with Crippen LogP contribution in [0.15, 0.2) is 42.5 Å². The smallest absolute Gasteiger partial charge is 0.130 e. The minimum Gasteiger partial charge on any atom is -0.497 e. The van der Waals surface area contributed by atoms with Gasteiger partial charge >= 0.3 is 0 Å². The van der Waals surface area contributed by atoms with Crippen molar-refractivity contribution in [2.45, 2.75) is 12.6 Å². The lowest BCUT2D eigenvalue weighted by Crippen LogP contribution is -2.37. The molecular weight excluding hydrogens is 356 g/mol. The lowest BCUT2D eigenvalue weighted by atomic mass is 10.2. The van der Waals surface area contributed by atoms with Gasteiger partial charge in [-0.1, -0.05) is 6.07 Å². The van der Waals surface area contributed by atoms with Gasteiger partial charge in [-0.25, -0.2) is 8.78 Å². The first-order valence-electron chi connectivity index (χ1n) is 8.62. The van der Waals surface area contributed by atoms with Crippen molar-refractivity contribution in [2.24, 2.45) is 0 Å². The summed E-state index contributed by atoms with van der Waals surface area (Å²) in [6.45, 7) is 1.49. The predicted octanol–water partition coefficient (Wildman–Crippen LogP) is 2.86. The molecule has 0 aliphatic carbocycles. The molecule has 0 bridgehead atoms. The molecule has 0 amide bonds. The van der Waals surface area contributed by atoms with Crippen molar-refractivity contribution >= 4 is 0 Å². The van der Waals surface area contributed by atoms with Crippen LogP contribution in [0.3, 0.4) is 0 Å². The van der Waals surface area contributed by atoms with E-state index >= 15 is 0 Å². The van der Waals surface area contributed by atoms with Crippen LogP contribution >= 0.6 is 0 Å². The van der Waals surface area contributed by atoms with Crippen LogP contribution in [0.5, 0.6) is 11.5 Å². The first-order valence-corrected chi connectivity index (χ1v) is 8.62. The molecular formula is C20H25F2NO4. The lowest BCUT2D eigenvalue weighted by molar-refractivity contribution is 0.0538. The standard InChI is InChI=1S/C20H25F2NO4/c1-25-10-9-23(12-15-3-4-16(21)11-20(15)22)13-17(24)14-27-19-7-5-18(26-2)6-8-19/h3-8,11,17,24H,9-10,12-14H2,1-2H3/t17-/m1/s1. The van der Waals surface area contributed by atoms with E-state index in [0.29, 0.717) is 24.5 Å². The average molecular weight is 381 g/mol. The Kier molecular flexibility index (Phi) is 8.44. The third kappa shape index (κ3) is 7.13. The second-order valence-electron chi connectivity index (χ2n) is 6.10. The molecule has 0 saturated heterocycles. The summed E-state index contributed by atoms with van der Waals surface area (Å²) in [6, 6.07) is 10.5. The summed E-state index contributed by atoms with van der Waals surface area (Å²) in [4.78, 5) is 1.84. The molecule has 1 atom stereocenters. The van der Waals surface area contributed by atoms with Crippen LogP contribution in [0.2, 0.25) is 0 Å². The highest BCUT2D eigenvalue weighted by molar-refractivity contribution is 5.31. The Labute approximate surface area is 158 Å². The summed E-state index contributed by atoms with van der Waals surface area (Å²) in [6.07, 6.45) is -0.785. The van der Waals surface area contributed by atoms with Gasteiger partial charge < -0.3 is 19.3 Å². The average Bonchev–Trinajstić information content (AvgIpc) is 2.67. The van der Waals surface area contributed by atoms with Crippen LogP contribution in [0.1, 0.15) is 5.56 Å². The predicted molar refractivity (Wildman–Crippen MR) is 98.0 cm³/mol. The minimum absolute atomic E-state index is 0.0850. The number of hydrogen-bond acceptors (Lipinski definition) is 5. The third-order valence-corrected chi connectivity index (χ3v) is 3.99. The molecule has 27 heavy (non-hydrogen) atoms. The summed E-state index contributed by atoms with van der Waals surface area (Å²) >= 11 is 0. The molecule has 0 heterocycles. The van der Waals surface area contributed by atoms with Crippen molar-refractivity contribution < 1.29 is 28.1 Å². The Balaban J connectivity index is 1.90. The highest BCUT2D eigenvalue weighted by Crippen LogP contribution is 2.17. The van der Waals surface area contributed by atoms with E-state index in [-0.39, 0.29) is 19.7 Å². The van der Waals surface area contributed by atoms with Gasteiger partial charge in [0, 0.05) is 38.4 Å². The maximum atomic E-state index is 13.9. The molecule has 7 heteroatoms. The molecule has 0 aliphatic heterocycles. The van der Waals surface area contributed by atoms with Gasteiger partial charge in [-0.3, -0.25) is 4.90 Å². The van der Waals surface area contributed by atoms with Gasteiger partial charge in [-0.15, -0.1) is 0 Å². The normalized spacial score (nSPS) is 12.2. The number of aliphatic hydroxyl groups excluding tert-OH is 1. The van der Waals surface area contributed by atoms with Crippen molar-refractivity contribution in [3.8, 4) is 11.5 Å². The summed E-state index contributed by atoms with van der Waals surface area (Å²) in [5.41, 5.74) is 0.357. The van der Waals surface area contributed by atoms with Crippen LogP contribution in [0.4, 0.5) is 8.78 Å². The monoisotopic (exact) mass is 381 g/mol. The van der Waals surface area contributed by atoms with E-state index < -0.39 is 17.7 Å². The Morgan fingerprint density at radius 1 is 1.04 bits per heavy atom. The van der Waals surface area contributed by atoms with Crippen molar-refractivity contribution in [1.29, 1.82) is 0 Å². The molecule has 0 fully saturated rings. The van der Waals surface area contributed by atoms with Crippen LogP contribution in [-0.2, 0) is 11.3 Å². The molecule has 0 saturated carbocycles. The molecule has 2 aromatic rings. The molecule has 0 aliphatic rings. The van der Waals surface area contributed by atoms with Crippen LogP contribution < -0.4 is 9.47 Å². The summed E-state index contributed by atoms with van der Waals surface area (Å²) in [5, 5.41) is 10.3. The number of methoxy groups -OCH3 is 2. The van der Waals surface area contributed by atoms with Crippen molar-refractivity contribution in [3.05, 3.63) is 59.7 Å². The maximum Gasteiger partial charge on any atom is 0.130 e. The van der Waals surface area contributed by atoms with Gasteiger partial charge in [-0.2, -0.15) is 0 Å². The Morgan fingerprint density at radius 2 is 1.74 bits per heavy atom. The summed E-state index contributed by atoms with van der Waals surface area (Å²) in [5.74, 6) is 0.104. The van der Waals surface area contributed by atoms with Crippen LogP contribution in [-0.4, -0.2) is 56.6 Å². The number of rotatable bonds is 11. The molecule has 5 nitrogen and oxygen atoms in total. The van der Waals surface area contributed by atoms with Gasteiger partial charge in [0.1, 0.15) is 35.8 Å². The second kappa shape index (κ2) is 10.8. The number of aliphatic hydroxyl groups is 1. The zero-order valence-corrected chi connectivity index (χ0v) is 15.5. The Hall–Kier alpha value is -2.22. The largest absolute Gasteiger partial charge is 0.497 e. The van der Waals surface area contributed by atoms with Gasteiger partial charge in [0.2, 0.25) is 0 Å². The first kappa shape index (κ1) is 21.1. The van der Waals surface area contributed by atoms with E-state index in [9.17, 15) is 13.9 Å². The van der Waals surface area contributed by atoms with E-state index in [1.54, 1.807) is 38.5 Å². The molecule has 1 N–H and O–H groups in total. The lowest BCUT2D eigenvalue weighted by Gasteiger charge is -2.25. The van der Waals surface area contributed by atoms with Crippen molar-refractivity contribution in [3.63, 3.8) is 0 Å². The number of benzene rings is 2. The van der Waals surface area contributed by atoms with Crippen molar-refractivity contribution in [2.75, 3.05) is 40.5 Å². The molecule has 0 unspecified atom stereocenters. The zero-order valence-electron chi connectivity index (χ0n) is 15.5. The Morgan fingerprint density at radius 3 is 2.37 bits per heavy atom. The quantitative estimate of drug-likeness (QED) is 0.649. The highest BCUT2D eigenvalue weighted by atomic mass is 19.1. The summed E-state index contributed by atoms with van der Waals surface area (Å²) in [7, 11) is 3.15. The fraction of sp³-hybridized carbons (Fsp3) is 0.400. The molecule has 0 aromatic heterocycles. The molecule has 0 radical (unpaired) electrons. The number of hydrogen-bond donors (Lipinski definition) is 1. The van der Waals surface area contributed by atoms with Crippen LogP contribution in [0, 0.1) is 11.6 Å². The first-order chi connectivity index (χ1) is 13.0. The SMILES string of the molecule is COCCN(Cc1ccc(F)cc1F)C[C@@H](O)COc1ccc(OC)cc1. The van der Waals surface area contributed by atoms with E-state index in [2.05, 4.69) is 0 Å². The minimum atomic E-state index is -0.785. The fourth-order valence-electron chi connectivity index (χ4n) is 2.56. The van der Waals surface area contributed by atoms with Crippen molar-refractivity contribution in [1.82, 2.24) is 4.90 Å². The molecule has 0 spiro atoms. The summed E-state index contributed by atoms with van der Waals surface area (Å²) < 4.78 is 42.7. The molecule has 2 aromatic carbocycles. The van der Waals surface area contributed by atoms with Gasteiger partial charge in [0.25, 0.3) is 0 Å². The van der Waals surface area contributed by atoms with Gasteiger partial charge in [0.15, 0.2) is 0 Å². The van der Waals surface area contributed by atoms with E-state index in [4.69, 9.17) is 14.2 Å². The number of nitrogens with zero attached hydrogens (tertiary/aromatic N) is 1. The molecule has 2 rings (SSSR count). The topological polar surface area (TPSA) is 51.2 Å². The van der Waals surface area contributed by atoms with Crippen LogP contribution in [0.25, 0.3) is 0 Å². The molecule has 148 valence electrons. The van der Waals surface area contributed by atoms with Gasteiger partial charge in [0.05, 0.1) is 13.7 Å². The van der Waals surface area contributed by atoms with E-state index in [0.717, 1.165) is 11.8 Å².